The van der Waals surface area contributed by atoms with Crippen molar-refractivity contribution >= 4 is 29.0 Å². The SMILES string of the molecule is COC(=O)c1sccc1NC(=O)N1CCCC(C)C1. The van der Waals surface area contributed by atoms with E-state index in [1.165, 1.54) is 18.4 Å². The number of rotatable bonds is 2. The van der Waals surface area contributed by atoms with Crippen molar-refractivity contribution in [2.45, 2.75) is 19.8 Å². The summed E-state index contributed by atoms with van der Waals surface area (Å²) in [6, 6.07) is 1.58. The molecule has 1 fully saturated rings. The molecule has 2 rings (SSSR count). The number of hydrogen-bond acceptors (Lipinski definition) is 4. The molecule has 0 spiro atoms. The van der Waals surface area contributed by atoms with Crippen molar-refractivity contribution in [1.82, 2.24) is 4.90 Å². The zero-order valence-electron chi connectivity index (χ0n) is 11.1. The Labute approximate surface area is 116 Å². The van der Waals surface area contributed by atoms with Gasteiger partial charge in [-0.3, -0.25) is 0 Å². The van der Waals surface area contributed by atoms with Crippen LogP contribution in [-0.4, -0.2) is 37.1 Å². The molecule has 0 bridgehead atoms. The lowest BCUT2D eigenvalue weighted by molar-refractivity contribution is 0.0607. The lowest BCUT2D eigenvalue weighted by Gasteiger charge is -2.30. The smallest absolute Gasteiger partial charge is 0.350 e. The van der Waals surface area contributed by atoms with Gasteiger partial charge in [-0.2, -0.15) is 0 Å². The number of amides is 2. The van der Waals surface area contributed by atoms with Gasteiger partial charge in [-0.25, -0.2) is 9.59 Å². The molecule has 19 heavy (non-hydrogen) atoms. The Morgan fingerprint density at radius 3 is 3.00 bits per heavy atom. The van der Waals surface area contributed by atoms with E-state index in [2.05, 4.69) is 17.0 Å². The van der Waals surface area contributed by atoms with E-state index in [0.717, 1.165) is 25.9 Å². The maximum atomic E-state index is 12.1. The minimum atomic E-state index is -0.419. The van der Waals surface area contributed by atoms with E-state index in [-0.39, 0.29) is 6.03 Å². The molecule has 0 aliphatic carbocycles. The quantitative estimate of drug-likeness (QED) is 0.849. The number of piperidine rings is 1. The summed E-state index contributed by atoms with van der Waals surface area (Å²) in [6.07, 6.45) is 2.19. The number of nitrogens with one attached hydrogen (secondary N) is 1. The normalized spacial score (nSPS) is 19.1. The molecule has 2 heterocycles. The van der Waals surface area contributed by atoms with Gasteiger partial charge in [0.1, 0.15) is 4.88 Å². The van der Waals surface area contributed by atoms with Crippen LogP contribution >= 0.6 is 11.3 Å². The van der Waals surface area contributed by atoms with E-state index in [0.29, 0.717) is 16.5 Å². The van der Waals surface area contributed by atoms with E-state index >= 15 is 0 Å². The van der Waals surface area contributed by atoms with Crippen molar-refractivity contribution in [3.05, 3.63) is 16.3 Å². The highest BCUT2D eigenvalue weighted by Crippen LogP contribution is 2.24. The molecule has 1 unspecified atom stereocenters. The summed E-state index contributed by atoms with van der Waals surface area (Å²) in [4.78, 5) is 25.9. The second-order valence-electron chi connectivity index (χ2n) is 4.78. The second kappa shape index (κ2) is 6.06. The van der Waals surface area contributed by atoms with Crippen LogP contribution in [0.5, 0.6) is 0 Å². The molecule has 2 amide bonds. The molecule has 5 nitrogen and oxygen atoms in total. The molecule has 104 valence electrons. The van der Waals surface area contributed by atoms with Gasteiger partial charge in [-0.1, -0.05) is 6.92 Å². The minimum Gasteiger partial charge on any atom is -0.465 e. The van der Waals surface area contributed by atoms with Gasteiger partial charge < -0.3 is 15.0 Å². The number of ether oxygens (including phenoxy) is 1. The Hall–Kier alpha value is -1.56. The topological polar surface area (TPSA) is 58.6 Å². The average Bonchev–Trinajstić information content (AvgIpc) is 2.86. The summed E-state index contributed by atoms with van der Waals surface area (Å²) in [7, 11) is 1.33. The zero-order valence-corrected chi connectivity index (χ0v) is 12.0. The highest BCUT2D eigenvalue weighted by Gasteiger charge is 2.23. The first-order chi connectivity index (χ1) is 9.11. The number of carbonyl (C=O) groups is 2. The Morgan fingerprint density at radius 2 is 2.32 bits per heavy atom. The Morgan fingerprint density at radius 1 is 1.53 bits per heavy atom. The third kappa shape index (κ3) is 3.26. The van der Waals surface area contributed by atoms with E-state index in [1.54, 1.807) is 16.3 Å². The lowest BCUT2D eigenvalue weighted by Crippen LogP contribution is -2.41. The summed E-state index contributed by atoms with van der Waals surface area (Å²) < 4.78 is 4.69. The maximum absolute atomic E-state index is 12.1. The molecule has 1 aliphatic heterocycles. The van der Waals surface area contributed by atoms with Gasteiger partial charge in [-0.05, 0) is 30.2 Å². The largest absolute Gasteiger partial charge is 0.465 e. The molecule has 1 atom stereocenters. The van der Waals surface area contributed by atoms with E-state index in [1.807, 2.05) is 0 Å². The third-order valence-corrected chi connectivity index (χ3v) is 4.12. The van der Waals surface area contributed by atoms with E-state index in [9.17, 15) is 9.59 Å². The highest BCUT2D eigenvalue weighted by atomic mass is 32.1. The van der Waals surface area contributed by atoms with Crippen LogP contribution in [0.15, 0.2) is 11.4 Å². The number of methoxy groups -OCH3 is 1. The lowest BCUT2D eigenvalue weighted by atomic mass is 10.0. The van der Waals surface area contributed by atoms with Crippen LogP contribution < -0.4 is 5.32 Å². The molecule has 1 saturated heterocycles. The predicted molar refractivity (Wildman–Crippen MR) is 74.6 cm³/mol. The van der Waals surface area contributed by atoms with Crippen LogP contribution in [0, 0.1) is 5.92 Å². The number of urea groups is 1. The van der Waals surface area contributed by atoms with E-state index in [4.69, 9.17) is 0 Å². The molecule has 0 saturated carbocycles. The van der Waals surface area contributed by atoms with Crippen molar-refractivity contribution in [3.8, 4) is 0 Å². The second-order valence-corrected chi connectivity index (χ2v) is 5.69. The molecule has 1 N–H and O–H groups in total. The van der Waals surface area contributed by atoms with Gasteiger partial charge in [0.25, 0.3) is 0 Å². The van der Waals surface area contributed by atoms with Crippen LogP contribution in [0.25, 0.3) is 0 Å². The molecule has 1 aliphatic rings. The molecule has 6 heteroatoms. The molecule has 1 aromatic rings. The predicted octanol–water partition coefficient (Wildman–Crippen LogP) is 2.80. The third-order valence-electron chi connectivity index (χ3n) is 3.22. The molecular formula is C13H18N2O3S. The van der Waals surface area contributed by atoms with Gasteiger partial charge in [0.2, 0.25) is 0 Å². The average molecular weight is 282 g/mol. The Bertz CT molecular complexity index is 472. The summed E-state index contributed by atoms with van der Waals surface area (Å²) >= 11 is 1.26. The van der Waals surface area contributed by atoms with Crippen LogP contribution in [0.1, 0.15) is 29.4 Å². The Kier molecular flexibility index (Phi) is 4.42. The van der Waals surface area contributed by atoms with Crippen LogP contribution in [0.4, 0.5) is 10.5 Å². The maximum Gasteiger partial charge on any atom is 0.350 e. The first-order valence-corrected chi connectivity index (χ1v) is 7.21. The number of esters is 1. The monoisotopic (exact) mass is 282 g/mol. The summed E-state index contributed by atoms with van der Waals surface area (Å²) in [5, 5.41) is 4.56. The zero-order chi connectivity index (χ0) is 13.8. The summed E-state index contributed by atoms with van der Waals surface area (Å²) in [6.45, 7) is 3.68. The van der Waals surface area contributed by atoms with Crippen LogP contribution in [-0.2, 0) is 4.74 Å². The summed E-state index contributed by atoms with van der Waals surface area (Å²) in [5.41, 5.74) is 0.528. The van der Waals surface area contributed by atoms with E-state index < -0.39 is 5.97 Å². The molecule has 0 aromatic carbocycles. The number of likely N-dealkylation sites (tertiary alicyclic amines) is 1. The fraction of sp³-hybridized carbons (Fsp3) is 0.538. The van der Waals surface area contributed by atoms with Gasteiger partial charge in [0.05, 0.1) is 12.8 Å². The van der Waals surface area contributed by atoms with Crippen molar-refractivity contribution in [3.63, 3.8) is 0 Å². The van der Waals surface area contributed by atoms with Gasteiger partial charge in [-0.15, -0.1) is 11.3 Å². The van der Waals surface area contributed by atoms with Gasteiger partial charge >= 0.3 is 12.0 Å². The van der Waals surface area contributed by atoms with Crippen LogP contribution in [0.2, 0.25) is 0 Å². The van der Waals surface area contributed by atoms with Crippen LogP contribution in [0.3, 0.4) is 0 Å². The van der Waals surface area contributed by atoms with Gasteiger partial charge in [0.15, 0.2) is 0 Å². The number of thiophene rings is 1. The number of anilines is 1. The summed E-state index contributed by atoms with van der Waals surface area (Å²) in [5.74, 6) is 0.111. The Balaban J connectivity index is 2.02. The standard InChI is InChI=1S/C13H18N2O3S/c1-9-4-3-6-15(8-9)13(17)14-10-5-7-19-11(10)12(16)18-2/h5,7,9H,3-4,6,8H2,1-2H3,(H,14,17). The van der Waals surface area contributed by atoms with Crippen molar-refractivity contribution < 1.29 is 14.3 Å². The number of hydrogen-bond donors (Lipinski definition) is 1. The van der Waals surface area contributed by atoms with Gasteiger partial charge in [0, 0.05) is 13.1 Å². The number of carbonyl (C=O) groups excluding carboxylic acids is 2. The highest BCUT2D eigenvalue weighted by molar-refractivity contribution is 7.12. The molecule has 1 aromatic heterocycles. The van der Waals surface area contributed by atoms with Crippen molar-refractivity contribution in [1.29, 1.82) is 0 Å². The number of nitrogens with zero attached hydrogens (tertiary/aromatic N) is 1. The van der Waals surface area contributed by atoms with Crippen molar-refractivity contribution in [2.24, 2.45) is 5.92 Å². The fourth-order valence-corrected chi connectivity index (χ4v) is 2.99. The molecule has 0 radical (unpaired) electrons. The molecular weight excluding hydrogens is 264 g/mol. The van der Waals surface area contributed by atoms with Crippen molar-refractivity contribution in [2.75, 3.05) is 25.5 Å². The fourth-order valence-electron chi connectivity index (χ4n) is 2.23. The minimum absolute atomic E-state index is 0.143. The first-order valence-electron chi connectivity index (χ1n) is 6.33. The first kappa shape index (κ1) is 13.9.